The van der Waals surface area contributed by atoms with E-state index < -0.39 is 0 Å². The minimum Gasteiger partial charge on any atom is -0.497 e. The molecule has 0 saturated heterocycles. The van der Waals surface area contributed by atoms with E-state index in [9.17, 15) is 4.79 Å². The number of carbonyl (C=O) groups is 1. The number of anilines is 1. The van der Waals surface area contributed by atoms with Crippen molar-refractivity contribution in [1.82, 2.24) is 14.8 Å². The first-order valence-corrected chi connectivity index (χ1v) is 9.41. The van der Waals surface area contributed by atoms with Gasteiger partial charge in [-0.05, 0) is 48.4 Å². The van der Waals surface area contributed by atoms with Crippen LogP contribution in [0.5, 0.6) is 5.75 Å². The summed E-state index contributed by atoms with van der Waals surface area (Å²) in [5, 5.41) is 8.10. The highest BCUT2D eigenvalue weighted by atomic mass is 16.5. The normalized spacial score (nSPS) is 22.1. The van der Waals surface area contributed by atoms with Crippen LogP contribution in [-0.4, -0.2) is 34.3 Å². The van der Waals surface area contributed by atoms with Gasteiger partial charge in [-0.2, -0.15) is 0 Å². The molecule has 2 aliphatic rings. The summed E-state index contributed by atoms with van der Waals surface area (Å²) < 4.78 is 7.42. The second-order valence-corrected chi connectivity index (χ2v) is 7.79. The van der Waals surface area contributed by atoms with E-state index in [1.807, 2.05) is 21.6 Å². The molecule has 0 N–H and O–H groups in total. The van der Waals surface area contributed by atoms with Gasteiger partial charge in [0, 0.05) is 25.2 Å². The number of benzene rings is 1. The lowest BCUT2D eigenvalue weighted by atomic mass is 9.84. The monoisotopic (exact) mass is 354 g/mol. The zero-order chi connectivity index (χ0) is 18.3. The van der Waals surface area contributed by atoms with Gasteiger partial charge in [-0.25, -0.2) is 0 Å². The molecule has 6 heteroatoms. The number of nitrogens with zero attached hydrogens (tertiary/aromatic N) is 4. The summed E-state index contributed by atoms with van der Waals surface area (Å²) in [4.78, 5) is 15.4. The number of carbonyl (C=O) groups excluding carboxylic acids is 1. The highest BCUT2D eigenvalue weighted by Gasteiger charge is 2.35. The molecular formula is C20H26N4O2. The minimum absolute atomic E-state index is 0.0145. The van der Waals surface area contributed by atoms with Crippen molar-refractivity contribution in [1.29, 1.82) is 0 Å². The Morgan fingerprint density at radius 2 is 2.15 bits per heavy atom. The van der Waals surface area contributed by atoms with Crippen LogP contribution < -0.4 is 9.64 Å². The molecule has 3 heterocycles. The number of aromatic nitrogens is 3. The summed E-state index contributed by atoms with van der Waals surface area (Å²) in [6.07, 6.45) is 4.38. The van der Waals surface area contributed by atoms with E-state index >= 15 is 0 Å². The quantitative estimate of drug-likeness (QED) is 0.850. The Kier molecular flexibility index (Phi) is 4.42. The lowest BCUT2D eigenvalue weighted by Crippen LogP contribution is -2.46. The van der Waals surface area contributed by atoms with E-state index in [4.69, 9.17) is 4.74 Å². The topological polar surface area (TPSA) is 60.2 Å². The Balaban J connectivity index is 1.63. The molecule has 6 nitrogen and oxygen atoms in total. The van der Waals surface area contributed by atoms with Gasteiger partial charge >= 0.3 is 0 Å². The van der Waals surface area contributed by atoms with Crippen molar-refractivity contribution in [2.45, 2.75) is 39.7 Å². The first-order valence-electron chi connectivity index (χ1n) is 9.41. The zero-order valence-electron chi connectivity index (χ0n) is 15.7. The summed E-state index contributed by atoms with van der Waals surface area (Å²) >= 11 is 0. The van der Waals surface area contributed by atoms with Crippen LogP contribution in [-0.2, 0) is 24.2 Å². The number of amides is 1. The van der Waals surface area contributed by atoms with Gasteiger partial charge in [0.15, 0.2) is 0 Å². The molecule has 26 heavy (non-hydrogen) atoms. The number of methoxy groups -OCH3 is 1. The van der Waals surface area contributed by atoms with Crippen LogP contribution in [0.25, 0.3) is 0 Å². The van der Waals surface area contributed by atoms with Crippen LogP contribution in [0.2, 0.25) is 0 Å². The number of fused-ring (bicyclic) bond motifs is 2. The maximum Gasteiger partial charge on any atom is 0.231 e. The molecule has 1 aromatic heterocycles. The molecule has 0 aliphatic carbocycles. The number of hydrogen-bond acceptors (Lipinski definition) is 4. The summed E-state index contributed by atoms with van der Waals surface area (Å²) in [7, 11) is 1.69. The van der Waals surface area contributed by atoms with Gasteiger partial charge in [-0.3, -0.25) is 4.79 Å². The molecule has 0 radical (unpaired) electrons. The van der Waals surface area contributed by atoms with Crippen molar-refractivity contribution in [3.05, 3.63) is 35.9 Å². The molecule has 2 aromatic rings. The van der Waals surface area contributed by atoms with E-state index in [0.717, 1.165) is 43.1 Å². The zero-order valence-corrected chi connectivity index (χ0v) is 15.7. The predicted octanol–water partition coefficient (Wildman–Crippen LogP) is 2.71. The van der Waals surface area contributed by atoms with Gasteiger partial charge in [-0.1, -0.05) is 13.8 Å². The van der Waals surface area contributed by atoms with Crippen LogP contribution in [0, 0.1) is 17.8 Å². The Hall–Kier alpha value is -2.37. The second-order valence-electron chi connectivity index (χ2n) is 7.79. The fourth-order valence-electron chi connectivity index (χ4n) is 4.13. The Labute approximate surface area is 154 Å². The van der Waals surface area contributed by atoms with E-state index in [-0.39, 0.29) is 11.8 Å². The molecule has 138 valence electrons. The summed E-state index contributed by atoms with van der Waals surface area (Å²) in [5.74, 6) is 3.04. The molecule has 0 spiro atoms. The molecule has 0 fully saturated rings. The van der Waals surface area contributed by atoms with Gasteiger partial charge in [0.25, 0.3) is 0 Å². The van der Waals surface area contributed by atoms with Gasteiger partial charge < -0.3 is 14.2 Å². The third-order valence-electron chi connectivity index (χ3n) is 5.86. The summed E-state index contributed by atoms with van der Waals surface area (Å²) in [6.45, 7) is 5.95. The number of hydrogen-bond donors (Lipinski definition) is 0. The fourth-order valence-corrected chi connectivity index (χ4v) is 4.13. The van der Waals surface area contributed by atoms with Gasteiger partial charge in [0.05, 0.1) is 13.0 Å². The predicted molar refractivity (Wildman–Crippen MR) is 99.2 cm³/mol. The Morgan fingerprint density at radius 1 is 1.31 bits per heavy atom. The van der Waals surface area contributed by atoms with E-state index in [1.165, 1.54) is 5.56 Å². The smallest absolute Gasteiger partial charge is 0.231 e. The number of ether oxygens (including phenoxy) is 1. The SMILES string of the molecule is COc1ccc2c(c1)CC(C(C)C)CN2C(=O)C1CCc2nncn2C1. The third-order valence-corrected chi connectivity index (χ3v) is 5.86. The second kappa shape index (κ2) is 6.74. The lowest BCUT2D eigenvalue weighted by Gasteiger charge is -2.39. The third kappa shape index (κ3) is 2.97. The lowest BCUT2D eigenvalue weighted by molar-refractivity contribution is -0.123. The van der Waals surface area contributed by atoms with Crippen LogP contribution in [0.15, 0.2) is 24.5 Å². The fraction of sp³-hybridized carbons (Fsp3) is 0.550. The molecule has 2 unspecified atom stereocenters. The van der Waals surface area contributed by atoms with Crippen molar-refractivity contribution < 1.29 is 9.53 Å². The van der Waals surface area contributed by atoms with Crippen molar-refractivity contribution in [3.63, 3.8) is 0 Å². The Morgan fingerprint density at radius 3 is 2.92 bits per heavy atom. The maximum atomic E-state index is 13.4. The van der Waals surface area contributed by atoms with Gasteiger partial charge in [0.2, 0.25) is 5.91 Å². The van der Waals surface area contributed by atoms with Crippen LogP contribution in [0.1, 0.15) is 31.7 Å². The van der Waals surface area contributed by atoms with Crippen molar-refractivity contribution in [2.75, 3.05) is 18.6 Å². The molecule has 0 bridgehead atoms. The molecule has 2 atom stereocenters. The molecule has 0 saturated carbocycles. The van der Waals surface area contributed by atoms with Crippen LogP contribution >= 0.6 is 0 Å². The number of rotatable bonds is 3. The van der Waals surface area contributed by atoms with Crippen molar-refractivity contribution in [2.24, 2.45) is 17.8 Å². The minimum atomic E-state index is -0.0145. The first kappa shape index (κ1) is 17.1. The molecule has 2 aliphatic heterocycles. The highest BCUT2D eigenvalue weighted by Crippen LogP contribution is 2.36. The van der Waals surface area contributed by atoms with Gasteiger partial charge in [0.1, 0.15) is 17.9 Å². The maximum absolute atomic E-state index is 13.4. The molecule has 4 rings (SSSR count). The molecule has 1 amide bonds. The number of aryl methyl sites for hydroxylation is 1. The van der Waals surface area contributed by atoms with Crippen LogP contribution in [0.3, 0.4) is 0 Å². The molecular weight excluding hydrogens is 328 g/mol. The first-order chi connectivity index (χ1) is 12.6. The van der Waals surface area contributed by atoms with Crippen molar-refractivity contribution >= 4 is 11.6 Å². The average Bonchev–Trinajstić information content (AvgIpc) is 3.13. The van der Waals surface area contributed by atoms with Gasteiger partial charge in [-0.15, -0.1) is 10.2 Å². The standard InChI is InChI=1S/C20H26N4O2/c1-13(2)16-8-15-9-17(26-3)5-6-18(15)24(11-16)20(25)14-4-7-19-22-21-12-23(19)10-14/h5-6,9,12-14,16H,4,7-8,10-11H2,1-3H3. The highest BCUT2D eigenvalue weighted by molar-refractivity contribution is 5.96. The van der Waals surface area contributed by atoms with E-state index in [0.29, 0.717) is 18.4 Å². The van der Waals surface area contributed by atoms with E-state index in [1.54, 1.807) is 13.4 Å². The van der Waals surface area contributed by atoms with E-state index in [2.05, 4.69) is 30.1 Å². The van der Waals surface area contributed by atoms with Crippen molar-refractivity contribution in [3.8, 4) is 5.75 Å². The summed E-state index contributed by atoms with van der Waals surface area (Å²) in [6, 6.07) is 6.08. The largest absolute Gasteiger partial charge is 0.497 e. The molecule has 1 aromatic carbocycles. The average molecular weight is 354 g/mol. The van der Waals surface area contributed by atoms with Crippen LogP contribution in [0.4, 0.5) is 5.69 Å². The summed E-state index contributed by atoms with van der Waals surface area (Å²) in [5.41, 5.74) is 2.26. The Bertz CT molecular complexity index is 814.